The molecule has 0 radical (unpaired) electrons. The Balaban J connectivity index is 3.19. The molecule has 0 bridgehead atoms. The van der Waals surface area contributed by atoms with Gasteiger partial charge in [0.2, 0.25) is 0 Å². The van der Waals surface area contributed by atoms with E-state index in [0.29, 0.717) is 17.2 Å². The second-order valence-corrected chi connectivity index (χ2v) is 2.26. The monoisotopic (exact) mass is 153 g/mol. The van der Waals surface area contributed by atoms with Crippen LogP contribution in [0, 0.1) is 13.0 Å². The topological polar surface area (TPSA) is 38.7 Å². The van der Waals surface area contributed by atoms with E-state index in [1.165, 1.54) is 0 Å². The Hall–Kier alpha value is -1.32. The fourth-order valence-electron chi connectivity index (χ4n) is 0.640. The zero-order valence-electron chi connectivity index (χ0n) is 6.43. The van der Waals surface area contributed by atoms with E-state index in [2.05, 4.69) is 21.5 Å². The van der Waals surface area contributed by atoms with Crippen molar-refractivity contribution in [2.75, 3.05) is 0 Å². The molecule has 1 rings (SSSR count). The second kappa shape index (κ2) is 2.74. The van der Waals surface area contributed by atoms with Gasteiger partial charge in [-0.15, -0.1) is 0 Å². The van der Waals surface area contributed by atoms with E-state index in [-0.39, 0.29) is 0 Å². The number of halogens is 1. The summed E-state index contributed by atoms with van der Waals surface area (Å²) in [6.45, 7) is 6.91. The molecule has 1 heterocycles. The Kier molecular flexibility index (Phi) is 1.94. The molecule has 0 atom stereocenters. The van der Waals surface area contributed by atoms with Crippen LogP contribution in [-0.2, 0) is 0 Å². The predicted octanol–water partition coefficient (Wildman–Crippen LogP) is 1.35. The fourth-order valence-corrected chi connectivity index (χ4v) is 0.640. The molecule has 0 spiro atoms. The van der Waals surface area contributed by atoms with Gasteiger partial charge in [0, 0.05) is 0 Å². The number of allylic oxidation sites excluding steroid dienone is 1. The van der Waals surface area contributed by atoms with Gasteiger partial charge < -0.3 is 0 Å². The molecule has 0 aliphatic carbocycles. The predicted molar refractivity (Wildman–Crippen MR) is 39.2 cm³/mol. The van der Waals surface area contributed by atoms with Crippen LogP contribution in [-0.4, -0.2) is 15.0 Å². The third kappa shape index (κ3) is 1.80. The molecule has 0 amide bonds. The Morgan fingerprint density at radius 3 is 2.45 bits per heavy atom. The van der Waals surface area contributed by atoms with Crippen molar-refractivity contribution in [1.29, 1.82) is 0 Å². The maximum absolute atomic E-state index is 12.5. The molecular weight excluding hydrogens is 145 g/mol. The van der Waals surface area contributed by atoms with E-state index in [9.17, 15) is 4.39 Å². The highest BCUT2D eigenvalue weighted by Gasteiger charge is 2.01. The number of hydrogen-bond donors (Lipinski definition) is 0. The normalized spacial score (nSPS) is 9.73. The van der Waals surface area contributed by atoms with Crippen molar-refractivity contribution < 1.29 is 4.39 Å². The number of nitrogens with zero attached hydrogens (tertiary/aromatic N) is 3. The molecule has 0 aliphatic heterocycles. The molecule has 0 N–H and O–H groups in total. The summed E-state index contributed by atoms with van der Waals surface area (Å²) in [4.78, 5) is 10.7. The van der Waals surface area contributed by atoms with E-state index in [1.54, 1.807) is 13.8 Å². The first kappa shape index (κ1) is 7.78. The largest absolute Gasteiger partial charge is 0.312 e. The molecule has 3 nitrogen and oxygen atoms in total. The lowest BCUT2D eigenvalue weighted by Gasteiger charge is -1.97. The molecule has 1 aromatic heterocycles. The summed E-state index contributed by atoms with van der Waals surface area (Å²) < 4.78 is 12.5. The molecular formula is C7H8FN3. The number of rotatable bonds is 1. The number of hydrogen-bond acceptors (Lipinski definition) is 3. The van der Waals surface area contributed by atoms with Gasteiger partial charge >= 0.3 is 6.08 Å². The zero-order valence-corrected chi connectivity index (χ0v) is 6.43. The Morgan fingerprint density at radius 1 is 1.36 bits per heavy atom. The highest BCUT2D eigenvalue weighted by atomic mass is 19.1. The SMILES string of the molecule is C=C(C)c1nc(C)nc(F)n1. The zero-order chi connectivity index (χ0) is 8.43. The van der Waals surface area contributed by atoms with Crippen molar-refractivity contribution in [3.05, 3.63) is 24.3 Å². The van der Waals surface area contributed by atoms with Gasteiger partial charge in [-0.2, -0.15) is 14.4 Å². The standard InChI is InChI=1S/C7H8FN3/c1-4(2)6-9-5(3)10-7(8)11-6/h1H2,2-3H3. The first-order chi connectivity index (χ1) is 5.09. The summed E-state index contributed by atoms with van der Waals surface area (Å²) in [5, 5.41) is 0. The summed E-state index contributed by atoms with van der Waals surface area (Å²) in [6.07, 6.45) is -0.754. The molecule has 4 heteroatoms. The minimum absolute atomic E-state index is 0.315. The van der Waals surface area contributed by atoms with E-state index in [1.807, 2.05) is 0 Å². The van der Waals surface area contributed by atoms with Gasteiger partial charge in [0.05, 0.1) is 0 Å². The highest BCUT2D eigenvalue weighted by Crippen LogP contribution is 2.04. The number of aryl methyl sites for hydroxylation is 1. The molecule has 0 saturated heterocycles. The fraction of sp³-hybridized carbons (Fsp3) is 0.286. The molecule has 0 unspecified atom stereocenters. The van der Waals surface area contributed by atoms with Gasteiger partial charge in [0.1, 0.15) is 5.82 Å². The average Bonchev–Trinajstić information content (AvgIpc) is 1.85. The average molecular weight is 153 g/mol. The van der Waals surface area contributed by atoms with Crippen molar-refractivity contribution in [3.63, 3.8) is 0 Å². The van der Waals surface area contributed by atoms with Gasteiger partial charge in [-0.05, 0) is 19.4 Å². The summed E-state index contributed by atoms with van der Waals surface area (Å²) in [7, 11) is 0. The molecule has 0 aliphatic rings. The first-order valence-corrected chi connectivity index (χ1v) is 3.13. The van der Waals surface area contributed by atoms with Crippen LogP contribution < -0.4 is 0 Å². The van der Waals surface area contributed by atoms with Crippen LogP contribution in [0.15, 0.2) is 6.58 Å². The smallest absolute Gasteiger partial charge is 0.214 e. The van der Waals surface area contributed by atoms with Crippen molar-refractivity contribution in [1.82, 2.24) is 15.0 Å². The summed E-state index contributed by atoms with van der Waals surface area (Å²) in [6, 6.07) is 0. The minimum Gasteiger partial charge on any atom is -0.214 e. The lowest BCUT2D eigenvalue weighted by atomic mass is 10.3. The molecule has 1 aromatic rings. The molecule has 0 saturated carbocycles. The van der Waals surface area contributed by atoms with Crippen molar-refractivity contribution in [3.8, 4) is 0 Å². The maximum atomic E-state index is 12.5. The Morgan fingerprint density at radius 2 is 2.00 bits per heavy atom. The van der Waals surface area contributed by atoms with Crippen LogP contribution >= 0.6 is 0 Å². The lowest BCUT2D eigenvalue weighted by molar-refractivity contribution is 0.524. The van der Waals surface area contributed by atoms with Gasteiger partial charge in [0.15, 0.2) is 5.82 Å². The Labute approximate surface area is 64.0 Å². The van der Waals surface area contributed by atoms with Gasteiger partial charge in [0.25, 0.3) is 0 Å². The molecule has 11 heavy (non-hydrogen) atoms. The Bertz CT molecular complexity index is 275. The van der Waals surface area contributed by atoms with Crippen molar-refractivity contribution in [2.45, 2.75) is 13.8 Å². The maximum Gasteiger partial charge on any atom is 0.312 e. The van der Waals surface area contributed by atoms with Gasteiger partial charge in [-0.25, -0.2) is 4.98 Å². The first-order valence-electron chi connectivity index (χ1n) is 3.13. The van der Waals surface area contributed by atoms with Crippen LogP contribution in [0.1, 0.15) is 18.6 Å². The summed E-state index contributed by atoms with van der Waals surface area (Å²) in [5.74, 6) is 0.686. The minimum atomic E-state index is -0.754. The third-order valence-electron chi connectivity index (χ3n) is 1.10. The lowest BCUT2D eigenvalue weighted by Crippen LogP contribution is -2.00. The van der Waals surface area contributed by atoms with Gasteiger partial charge in [-0.1, -0.05) is 6.58 Å². The molecule has 0 aromatic carbocycles. The highest BCUT2D eigenvalue weighted by molar-refractivity contribution is 5.53. The van der Waals surface area contributed by atoms with E-state index in [4.69, 9.17) is 0 Å². The van der Waals surface area contributed by atoms with E-state index < -0.39 is 6.08 Å². The van der Waals surface area contributed by atoms with E-state index >= 15 is 0 Å². The summed E-state index contributed by atoms with van der Waals surface area (Å²) >= 11 is 0. The number of aromatic nitrogens is 3. The quantitative estimate of drug-likeness (QED) is 0.611. The van der Waals surface area contributed by atoms with Gasteiger partial charge in [-0.3, -0.25) is 0 Å². The second-order valence-electron chi connectivity index (χ2n) is 2.26. The summed E-state index contributed by atoms with van der Waals surface area (Å²) in [5.41, 5.74) is 0.634. The third-order valence-corrected chi connectivity index (χ3v) is 1.10. The van der Waals surface area contributed by atoms with Crippen molar-refractivity contribution >= 4 is 5.57 Å². The van der Waals surface area contributed by atoms with Crippen LogP contribution in [0.25, 0.3) is 5.57 Å². The van der Waals surface area contributed by atoms with Crippen molar-refractivity contribution in [2.24, 2.45) is 0 Å². The van der Waals surface area contributed by atoms with Crippen LogP contribution in [0.4, 0.5) is 4.39 Å². The molecule has 58 valence electrons. The van der Waals surface area contributed by atoms with Crippen LogP contribution in [0.3, 0.4) is 0 Å². The molecule has 0 fully saturated rings. The van der Waals surface area contributed by atoms with E-state index in [0.717, 1.165) is 0 Å². The van der Waals surface area contributed by atoms with Crippen LogP contribution in [0.5, 0.6) is 0 Å². The van der Waals surface area contributed by atoms with Crippen LogP contribution in [0.2, 0.25) is 0 Å².